The quantitative estimate of drug-likeness (QED) is 0.714. The molecule has 6 heteroatoms. The van der Waals surface area contributed by atoms with Gasteiger partial charge in [0.15, 0.2) is 0 Å². The van der Waals surface area contributed by atoms with Gasteiger partial charge in [0.1, 0.15) is 0 Å². The van der Waals surface area contributed by atoms with E-state index in [4.69, 9.17) is 5.73 Å². The average Bonchev–Trinajstić information content (AvgIpc) is 2.01. The van der Waals surface area contributed by atoms with Crippen LogP contribution in [0.1, 0.15) is 27.2 Å². The maximum absolute atomic E-state index is 11.6. The van der Waals surface area contributed by atoms with Gasteiger partial charge in [-0.3, -0.25) is 0 Å². The lowest BCUT2D eigenvalue weighted by molar-refractivity contribution is 0.283. The van der Waals surface area contributed by atoms with E-state index in [9.17, 15) is 8.42 Å². The first-order chi connectivity index (χ1) is 6.61. The summed E-state index contributed by atoms with van der Waals surface area (Å²) in [4.78, 5) is 0. The van der Waals surface area contributed by atoms with Crippen molar-refractivity contribution < 1.29 is 8.42 Å². The number of rotatable bonds is 5. The Hall–Kier alpha value is -0.170. The fraction of sp³-hybridized carbons (Fsp3) is 1.00. The van der Waals surface area contributed by atoms with Gasteiger partial charge in [0.25, 0.3) is 10.2 Å². The summed E-state index contributed by atoms with van der Waals surface area (Å²) in [7, 11) is -0.366. The minimum atomic E-state index is -3.37. The van der Waals surface area contributed by atoms with E-state index in [1.807, 2.05) is 20.8 Å². The summed E-state index contributed by atoms with van der Waals surface area (Å²) in [5, 5.41) is 0. The summed E-state index contributed by atoms with van der Waals surface area (Å²) in [5.74, 6) is 0. The van der Waals surface area contributed by atoms with E-state index in [-0.39, 0.29) is 11.5 Å². The SMILES string of the molecule is CN(C)S(=O)(=O)NC(CCN)C(C)(C)C. The standard InChI is InChI=1S/C9H23N3O2S/c1-9(2,3)8(6-7-10)11-15(13,14)12(4)5/h8,11H,6-7,10H2,1-5H3. The molecule has 0 radical (unpaired) electrons. The molecule has 0 aliphatic rings. The summed E-state index contributed by atoms with van der Waals surface area (Å²) >= 11 is 0. The van der Waals surface area contributed by atoms with Gasteiger partial charge >= 0.3 is 0 Å². The molecule has 0 amide bonds. The van der Waals surface area contributed by atoms with Gasteiger partial charge in [-0.15, -0.1) is 0 Å². The smallest absolute Gasteiger partial charge is 0.279 e. The highest BCUT2D eigenvalue weighted by Crippen LogP contribution is 2.22. The van der Waals surface area contributed by atoms with Crippen molar-refractivity contribution >= 4 is 10.2 Å². The van der Waals surface area contributed by atoms with Crippen LogP contribution in [-0.4, -0.2) is 39.4 Å². The van der Waals surface area contributed by atoms with Crippen LogP contribution in [0.15, 0.2) is 0 Å². The number of nitrogens with zero attached hydrogens (tertiary/aromatic N) is 1. The van der Waals surface area contributed by atoms with Crippen molar-refractivity contribution in [3.63, 3.8) is 0 Å². The molecule has 0 rings (SSSR count). The Bertz CT molecular complexity index is 280. The van der Waals surface area contributed by atoms with Crippen LogP contribution < -0.4 is 10.5 Å². The third-order valence-electron chi connectivity index (χ3n) is 2.27. The van der Waals surface area contributed by atoms with E-state index in [0.29, 0.717) is 13.0 Å². The number of hydrogen-bond donors (Lipinski definition) is 2. The summed E-state index contributed by atoms with van der Waals surface area (Å²) in [5.41, 5.74) is 5.34. The van der Waals surface area contributed by atoms with Crippen LogP contribution >= 0.6 is 0 Å². The molecule has 1 unspecified atom stereocenters. The molecule has 92 valence electrons. The predicted molar refractivity (Wildman–Crippen MR) is 62.7 cm³/mol. The predicted octanol–water partition coefficient (Wildman–Crippen LogP) is 0.146. The van der Waals surface area contributed by atoms with Crippen LogP contribution in [0.2, 0.25) is 0 Å². The van der Waals surface area contributed by atoms with Crippen molar-refractivity contribution in [2.75, 3.05) is 20.6 Å². The van der Waals surface area contributed by atoms with E-state index in [1.54, 1.807) is 0 Å². The fourth-order valence-corrected chi connectivity index (χ4v) is 2.16. The lowest BCUT2D eigenvalue weighted by Gasteiger charge is -2.31. The van der Waals surface area contributed by atoms with Crippen molar-refractivity contribution in [2.24, 2.45) is 11.1 Å². The number of nitrogens with one attached hydrogen (secondary N) is 1. The fourth-order valence-electron chi connectivity index (χ4n) is 1.12. The molecule has 0 aliphatic carbocycles. The second kappa shape index (κ2) is 5.25. The van der Waals surface area contributed by atoms with E-state index < -0.39 is 10.2 Å². The molecule has 0 heterocycles. The number of hydrogen-bond acceptors (Lipinski definition) is 3. The molecule has 0 saturated carbocycles. The molecule has 0 bridgehead atoms. The molecule has 0 aromatic heterocycles. The molecule has 5 nitrogen and oxygen atoms in total. The molecule has 3 N–H and O–H groups in total. The van der Waals surface area contributed by atoms with Gasteiger partial charge in [-0.05, 0) is 18.4 Å². The number of nitrogens with two attached hydrogens (primary N) is 1. The third-order valence-corrected chi connectivity index (χ3v) is 3.82. The first kappa shape index (κ1) is 14.8. The Morgan fingerprint density at radius 1 is 1.33 bits per heavy atom. The van der Waals surface area contributed by atoms with Crippen molar-refractivity contribution in [1.82, 2.24) is 9.03 Å². The second-order valence-electron chi connectivity index (χ2n) is 4.90. The second-order valence-corrected chi connectivity index (χ2v) is 6.82. The van der Waals surface area contributed by atoms with Crippen LogP contribution in [0, 0.1) is 5.41 Å². The highest BCUT2D eigenvalue weighted by molar-refractivity contribution is 7.87. The monoisotopic (exact) mass is 237 g/mol. The highest BCUT2D eigenvalue weighted by Gasteiger charge is 2.28. The summed E-state index contributed by atoms with van der Waals surface area (Å²) < 4.78 is 27.1. The Labute approximate surface area is 93.2 Å². The molecule has 0 spiro atoms. The molecular weight excluding hydrogens is 214 g/mol. The van der Waals surface area contributed by atoms with Crippen molar-refractivity contribution in [3.8, 4) is 0 Å². The minimum absolute atomic E-state index is 0.136. The van der Waals surface area contributed by atoms with Crippen molar-refractivity contribution in [3.05, 3.63) is 0 Å². The molecule has 0 aromatic carbocycles. The van der Waals surface area contributed by atoms with Crippen LogP contribution in [0.4, 0.5) is 0 Å². The molecule has 0 saturated heterocycles. The van der Waals surface area contributed by atoms with Gasteiger partial charge in [-0.2, -0.15) is 17.4 Å². The largest absolute Gasteiger partial charge is 0.330 e. The Morgan fingerprint density at radius 2 is 1.80 bits per heavy atom. The highest BCUT2D eigenvalue weighted by atomic mass is 32.2. The Morgan fingerprint density at radius 3 is 2.07 bits per heavy atom. The van der Waals surface area contributed by atoms with Gasteiger partial charge in [-0.25, -0.2) is 0 Å². The van der Waals surface area contributed by atoms with Gasteiger partial charge < -0.3 is 5.73 Å². The maximum Gasteiger partial charge on any atom is 0.279 e. The van der Waals surface area contributed by atoms with Gasteiger partial charge in [0, 0.05) is 20.1 Å². The minimum Gasteiger partial charge on any atom is -0.330 e. The van der Waals surface area contributed by atoms with Gasteiger partial charge in [0.05, 0.1) is 0 Å². The zero-order valence-electron chi connectivity index (χ0n) is 10.2. The zero-order valence-corrected chi connectivity index (χ0v) is 11.1. The van der Waals surface area contributed by atoms with Gasteiger partial charge in [0.2, 0.25) is 0 Å². The molecule has 0 aromatic rings. The van der Waals surface area contributed by atoms with Crippen molar-refractivity contribution in [1.29, 1.82) is 0 Å². The van der Waals surface area contributed by atoms with Crippen LogP contribution in [-0.2, 0) is 10.2 Å². The normalized spacial score (nSPS) is 15.7. The summed E-state index contributed by atoms with van der Waals surface area (Å²) in [6.07, 6.45) is 0.635. The van der Waals surface area contributed by atoms with E-state index in [1.165, 1.54) is 18.4 Å². The molecule has 0 fully saturated rings. The third kappa shape index (κ3) is 4.92. The Kier molecular flexibility index (Phi) is 5.19. The van der Waals surface area contributed by atoms with E-state index in [0.717, 1.165) is 0 Å². The summed E-state index contributed by atoms with van der Waals surface area (Å²) in [6, 6.07) is -0.144. The summed E-state index contributed by atoms with van der Waals surface area (Å²) in [6.45, 7) is 6.44. The lowest BCUT2D eigenvalue weighted by atomic mass is 9.85. The lowest BCUT2D eigenvalue weighted by Crippen LogP contribution is -2.48. The van der Waals surface area contributed by atoms with Crippen molar-refractivity contribution in [2.45, 2.75) is 33.2 Å². The average molecular weight is 237 g/mol. The van der Waals surface area contributed by atoms with Crippen LogP contribution in [0.5, 0.6) is 0 Å². The topological polar surface area (TPSA) is 75.4 Å². The van der Waals surface area contributed by atoms with Gasteiger partial charge in [-0.1, -0.05) is 20.8 Å². The van der Waals surface area contributed by atoms with Crippen LogP contribution in [0.25, 0.3) is 0 Å². The van der Waals surface area contributed by atoms with E-state index >= 15 is 0 Å². The zero-order chi connectivity index (χ0) is 12.3. The first-order valence-corrected chi connectivity index (χ1v) is 6.45. The Balaban J connectivity index is 4.71. The molecule has 0 aliphatic heterocycles. The first-order valence-electron chi connectivity index (χ1n) is 5.01. The maximum atomic E-state index is 11.6. The van der Waals surface area contributed by atoms with Crippen LogP contribution in [0.3, 0.4) is 0 Å². The molecule has 1 atom stereocenters. The molecular formula is C9H23N3O2S. The van der Waals surface area contributed by atoms with E-state index in [2.05, 4.69) is 4.72 Å². The molecule has 15 heavy (non-hydrogen) atoms.